The monoisotopic (exact) mass is 326 g/mol. The Balaban J connectivity index is 2.31. The average Bonchev–Trinajstić information content (AvgIpc) is 2.61. The van der Waals surface area contributed by atoms with E-state index < -0.39 is 0 Å². The normalized spacial score (nSPS) is 11.1. The fraction of sp³-hybridized carbons (Fsp3) is 0.250. The van der Waals surface area contributed by atoms with Crippen molar-refractivity contribution in [2.45, 2.75) is 13.8 Å². The van der Waals surface area contributed by atoms with E-state index in [4.69, 9.17) is 14.2 Å². The molecule has 0 unspecified atom stereocenters. The molecule has 0 atom stereocenters. The zero-order valence-electron chi connectivity index (χ0n) is 14.5. The highest BCUT2D eigenvalue weighted by Gasteiger charge is 2.08. The van der Waals surface area contributed by atoms with Gasteiger partial charge in [0.05, 0.1) is 20.8 Å². The molecule has 0 saturated carbocycles. The van der Waals surface area contributed by atoms with Crippen LogP contribution in [0.2, 0.25) is 0 Å². The van der Waals surface area contributed by atoms with Crippen LogP contribution in [-0.2, 0) is 9.53 Å². The highest BCUT2D eigenvalue weighted by atomic mass is 16.5. The topological polar surface area (TPSA) is 44.8 Å². The van der Waals surface area contributed by atoms with E-state index in [1.54, 1.807) is 21.1 Å². The van der Waals surface area contributed by atoms with Crippen LogP contribution in [0.15, 0.2) is 48.5 Å². The molecule has 0 aromatic heterocycles. The van der Waals surface area contributed by atoms with Gasteiger partial charge in [0.25, 0.3) is 0 Å². The lowest BCUT2D eigenvalue weighted by molar-refractivity contribution is -0.137. The number of methoxy groups -OCH3 is 2. The van der Waals surface area contributed by atoms with Crippen LogP contribution in [0.4, 0.5) is 0 Å². The van der Waals surface area contributed by atoms with E-state index in [1.807, 2.05) is 49.4 Å². The zero-order valence-corrected chi connectivity index (χ0v) is 14.5. The van der Waals surface area contributed by atoms with Gasteiger partial charge < -0.3 is 14.2 Å². The summed E-state index contributed by atoms with van der Waals surface area (Å²) in [5.74, 6) is 1.23. The highest BCUT2D eigenvalue weighted by molar-refractivity contribution is 5.91. The third kappa shape index (κ3) is 4.16. The summed E-state index contributed by atoms with van der Waals surface area (Å²) in [6.07, 6.45) is 1.50. The maximum atomic E-state index is 11.5. The Hall–Kier alpha value is -2.75. The Morgan fingerprint density at radius 1 is 1.04 bits per heavy atom. The Morgan fingerprint density at radius 2 is 1.75 bits per heavy atom. The first-order valence-electron chi connectivity index (χ1n) is 7.77. The van der Waals surface area contributed by atoms with Crippen molar-refractivity contribution in [2.24, 2.45) is 0 Å². The quantitative estimate of drug-likeness (QED) is 0.585. The van der Waals surface area contributed by atoms with Crippen molar-refractivity contribution in [1.82, 2.24) is 0 Å². The van der Waals surface area contributed by atoms with Crippen molar-refractivity contribution < 1.29 is 19.0 Å². The van der Waals surface area contributed by atoms with Crippen molar-refractivity contribution >= 4 is 11.5 Å². The molecule has 4 nitrogen and oxygen atoms in total. The van der Waals surface area contributed by atoms with Gasteiger partial charge in [0.15, 0.2) is 0 Å². The van der Waals surface area contributed by atoms with Gasteiger partial charge in [-0.15, -0.1) is 0 Å². The van der Waals surface area contributed by atoms with Crippen LogP contribution in [0.3, 0.4) is 0 Å². The van der Waals surface area contributed by atoms with Crippen LogP contribution in [0.1, 0.15) is 19.4 Å². The molecule has 0 aliphatic rings. The lowest BCUT2D eigenvalue weighted by Gasteiger charge is -2.11. The molecule has 0 aliphatic carbocycles. The van der Waals surface area contributed by atoms with Gasteiger partial charge in [-0.05, 0) is 48.7 Å². The Morgan fingerprint density at radius 3 is 2.33 bits per heavy atom. The first-order valence-corrected chi connectivity index (χ1v) is 7.77. The summed E-state index contributed by atoms with van der Waals surface area (Å²) < 4.78 is 15.7. The summed E-state index contributed by atoms with van der Waals surface area (Å²) in [5, 5.41) is 0. The largest absolute Gasteiger partial charge is 0.497 e. The molecule has 0 N–H and O–H groups in total. The van der Waals surface area contributed by atoms with Crippen molar-refractivity contribution in [1.29, 1.82) is 0 Å². The molecule has 2 aromatic carbocycles. The number of carbonyl (C=O) groups excluding carboxylic acids is 1. The first-order chi connectivity index (χ1) is 11.6. The number of benzene rings is 2. The van der Waals surface area contributed by atoms with Crippen LogP contribution >= 0.6 is 0 Å². The van der Waals surface area contributed by atoms with Crippen molar-refractivity contribution in [3.63, 3.8) is 0 Å². The number of rotatable bonds is 6. The zero-order chi connectivity index (χ0) is 17.5. The van der Waals surface area contributed by atoms with E-state index in [0.29, 0.717) is 6.61 Å². The second-order valence-electron chi connectivity index (χ2n) is 5.22. The van der Waals surface area contributed by atoms with Crippen LogP contribution in [0, 0.1) is 0 Å². The van der Waals surface area contributed by atoms with Gasteiger partial charge in [0.2, 0.25) is 0 Å². The average molecular weight is 326 g/mol. The summed E-state index contributed by atoms with van der Waals surface area (Å²) in [6.45, 7) is 4.05. The molecule has 0 aliphatic heterocycles. The van der Waals surface area contributed by atoms with Crippen molar-refractivity contribution in [3.8, 4) is 22.6 Å². The fourth-order valence-corrected chi connectivity index (χ4v) is 2.40. The lowest BCUT2D eigenvalue weighted by atomic mass is 10.00. The molecule has 0 heterocycles. The maximum absolute atomic E-state index is 11.5. The number of hydrogen-bond acceptors (Lipinski definition) is 4. The molecule has 0 fully saturated rings. The molecule has 0 bridgehead atoms. The number of hydrogen-bond donors (Lipinski definition) is 0. The second kappa shape index (κ2) is 8.20. The highest BCUT2D eigenvalue weighted by Crippen LogP contribution is 2.33. The molecule has 4 heteroatoms. The number of esters is 1. The Kier molecular flexibility index (Phi) is 6.01. The smallest absolute Gasteiger partial charge is 0.331 e. The molecule has 0 spiro atoms. The van der Waals surface area contributed by atoms with Gasteiger partial charge >= 0.3 is 5.97 Å². The third-order valence-corrected chi connectivity index (χ3v) is 3.68. The molecule has 126 valence electrons. The van der Waals surface area contributed by atoms with Gasteiger partial charge in [-0.3, -0.25) is 0 Å². The molecule has 0 radical (unpaired) electrons. The van der Waals surface area contributed by atoms with Crippen LogP contribution < -0.4 is 9.47 Å². The van der Waals surface area contributed by atoms with E-state index in [1.165, 1.54) is 6.08 Å². The van der Waals surface area contributed by atoms with E-state index in [0.717, 1.165) is 33.8 Å². The molecule has 0 saturated heterocycles. The second-order valence-corrected chi connectivity index (χ2v) is 5.22. The van der Waals surface area contributed by atoms with Gasteiger partial charge in [-0.25, -0.2) is 4.79 Å². The summed E-state index contributed by atoms with van der Waals surface area (Å²) in [4.78, 5) is 11.5. The molecule has 2 rings (SSSR count). The summed E-state index contributed by atoms with van der Waals surface area (Å²) in [7, 11) is 3.28. The maximum Gasteiger partial charge on any atom is 0.331 e. The van der Waals surface area contributed by atoms with Gasteiger partial charge in [0, 0.05) is 11.6 Å². The predicted molar refractivity (Wildman–Crippen MR) is 95.3 cm³/mol. The molecule has 2 aromatic rings. The minimum atomic E-state index is -0.325. The van der Waals surface area contributed by atoms with E-state index in [-0.39, 0.29) is 5.97 Å². The number of allylic oxidation sites excluding steroid dienone is 1. The number of ether oxygens (including phenoxy) is 3. The summed E-state index contributed by atoms with van der Waals surface area (Å²) in [6, 6.07) is 13.6. The minimum Gasteiger partial charge on any atom is -0.497 e. The summed E-state index contributed by atoms with van der Waals surface area (Å²) in [5.41, 5.74) is 3.79. The van der Waals surface area contributed by atoms with E-state index in [2.05, 4.69) is 0 Å². The van der Waals surface area contributed by atoms with Gasteiger partial charge in [0.1, 0.15) is 11.5 Å². The van der Waals surface area contributed by atoms with Gasteiger partial charge in [-0.2, -0.15) is 0 Å². The van der Waals surface area contributed by atoms with Crippen LogP contribution in [0.5, 0.6) is 11.5 Å². The van der Waals surface area contributed by atoms with Crippen molar-refractivity contribution in [2.75, 3.05) is 20.8 Å². The van der Waals surface area contributed by atoms with Crippen LogP contribution in [0.25, 0.3) is 16.7 Å². The predicted octanol–water partition coefficient (Wildman–Crippen LogP) is 4.34. The molecule has 0 amide bonds. The molecular weight excluding hydrogens is 304 g/mol. The van der Waals surface area contributed by atoms with Crippen molar-refractivity contribution in [3.05, 3.63) is 54.1 Å². The Bertz CT molecular complexity index is 730. The fourth-order valence-electron chi connectivity index (χ4n) is 2.40. The van der Waals surface area contributed by atoms with Gasteiger partial charge in [-0.1, -0.05) is 24.3 Å². The SMILES string of the molecule is CCOC(=O)/C=C(\C)c1ccc(-c2cc(OC)ccc2OC)cc1. The first kappa shape index (κ1) is 17.6. The standard InChI is InChI=1S/C20H22O4/c1-5-24-20(21)12-14(2)15-6-8-16(9-7-15)18-13-17(22-3)10-11-19(18)23-4/h6-13H,5H2,1-4H3/b14-12+. The molecule has 24 heavy (non-hydrogen) atoms. The minimum absolute atomic E-state index is 0.325. The summed E-state index contributed by atoms with van der Waals surface area (Å²) >= 11 is 0. The van der Waals surface area contributed by atoms with Crippen LogP contribution in [-0.4, -0.2) is 26.8 Å². The Labute approximate surface area is 142 Å². The molecular formula is C20H22O4. The third-order valence-electron chi connectivity index (χ3n) is 3.68. The number of carbonyl (C=O) groups is 1. The lowest BCUT2D eigenvalue weighted by Crippen LogP contribution is -2.00. The van der Waals surface area contributed by atoms with E-state index >= 15 is 0 Å². The van der Waals surface area contributed by atoms with E-state index in [9.17, 15) is 4.79 Å².